The quantitative estimate of drug-likeness (QED) is 0.664. The van der Waals surface area contributed by atoms with E-state index < -0.39 is 0 Å². The van der Waals surface area contributed by atoms with Crippen LogP contribution < -0.4 is 10.2 Å². The lowest BCUT2D eigenvalue weighted by atomic mass is 10.0. The lowest BCUT2D eigenvalue weighted by Crippen LogP contribution is -2.37. The van der Waals surface area contributed by atoms with E-state index in [4.69, 9.17) is 4.74 Å². The van der Waals surface area contributed by atoms with Gasteiger partial charge in [0.05, 0.1) is 24.9 Å². The lowest BCUT2D eigenvalue weighted by Gasteiger charge is -2.28. The topological polar surface area (TPSA) is 80.2 Å². The Morgan fingerprint density at radius 2 is 2.09 bits per heavy atom. The molecule has 1 saturated carbocycles. The minimum Gasteiger partial charge on any atom is -0.374 e. The number of aromatic nitrogens is 3. The van der Waals surface area contributed by atoms with E-state index in [0.29, 0.717) is 23.8 Å². The second kappa shape index (κ2) is 7.67. The van der Waals surface area contributed by atoms with Gasteiger partial charge in [0.1, 0.15) is 5.82 Å². The summed E-state index contributed by atoms with van der Waals surface area (Å²) in [5.74, 6) is 1.28. The van der Waals surface area contributed by atoms with E-state index in [-0.39, 0.29) is 5.91 Å². The molecule has 3 aromatic rings. The van der Waals surface area contributed by atoms with Crippen LogP contribution in [0.2, 0.25) is 0 Å². The number of aryl methyl sites for hydroxylation is 1. The van der Waals surface area contributed by atoms with Crippen LogP contribution in [0.1, 0.15) is 46.8 Å². The number of morpholine rings is 1. The third kappa shape index (κ3) is 3.62. The number of pyridine rings is 1. The van der Waals surface area contributed by atoms with E-state index in [1.165, 1.54) is 0 Å². The summed E-state index contributed by atoms with van der Waals surface area (Å²) in [6.07, 6.45) is 7.35. The number of carbonyl (C=O) groups is 1. The number of fused-ring (bicyclic) bond motifs is 2. The van der Waals surface area contributed by atoms with Gasteiger partial charge in [-0.05, 0) is 84.7 Å². The van der Waals surface area contributed by atoms with Crippen LogP contribution in [0.5, 0.6) is 0 Å². The molecule has 2 aliphatic heterocycles. The van der Waals surface area contributed by atoms with Crippen LogP contribution in [0, 0.1) is 6.92 Å². The monoisotopic (exact) mass is 427 g/mol. The van der Waals surface area contributed by atoms with Crippen molar-refractivity contribution in [3.05, 3.63) is 65.6 Å². The van der Waals surface area contributed by atoms with E-state index in [0.717, 1.165) is 66.2 Å². The normalized spacial score (nSPS) is 21.7. The Hall–Kier alpha value is -3.32. The molecule has 32 heavy (non-hydrogen) atoms. The van der Waals surface area contributed by atoms with E-state index in [1.807, 2.05) is 36.5 Å². The average Bonchev–Trinajstić information content (AvgIpc) is 3.46. The third-order valence-corrected chi connectivity index (χ3v) is 6.70. The molecule has 6 rings (SSSR count). The minimum absolute atomic E-state index is 0.238. The molecule has 7 nitrogen and oxygen atoms in total. The lowest BCUT2D eigenvalue weighted by molar-refractivity contribution is 0.0988. The number of ether oxygens (including phenoxy) is 1. The number of hydrogen-bond acceptors (Lipinski definition) is 6. The van der Waals surface area contributed by atoms with E-state index >= 15 is 0 Å². The standard InChI is InChI=1S/C25H25N5O2/c1-15-2-5-19(28-25(31)23-8-18(12-27-29-23)16-3-4-16)10-22(15)17-6-7-26-24(9-17)30-13-21-11-20(30)14-32-21/h2,5-10,12,16,20-21H,3-4,11,13-14H2,1H3,(H,28,31)/t20-,21-/m1/s1. The molecular weight excluding hydrogens is 402 g/mol. The molecule has 2 bridgehead atoms. The maximum atomic E-state index is 12.8. The zero-order chi connectivity index (χ0) is 21.7. The fourth-order valence-electron chi connectivity index (χ4n) is 4.76. The summed E-state index contributed by atoms with van der Waals surface area (Å²) in [6.45, 7) is 3.76. The van der Waals surface area contributed by atoms with Crippen LogP contribution in [0.3, 0.4) is 0 Å². The van der Waals surface area contributed by atoms with Crippen molar-refractivity contribution in [2.45, 2.75) is 44.2 Å². The molecule has 2 atom stereocenters. The Morgan fingerprint density at radius 1 is 1.19 bits per heavy atom. The number of rotatable bonds is 5. The molecule has 3 aliphatic rings. The number of benzene rings is 1. The predicted molar refractivity (Wildman–Crippen MR) is 122 cm³/mol. The van der Waals surface area contributed by atoms with Crippen molar-refractivity contribution in [2.75, 3.05) is 23.4 Å². The van der Waals surface area contributed by atoms with Gasteiger partial charge in [-0.1, -0.05) is 6.07 Å². The zero-order valence-corrected chi connectivity index (χ0v) is 18.0. The Bertz CT molecular complexity index is 1190. The molecule has 2 aromatic heterocycles. The van der Waals surface area contributed by atoms with Crippen molar-refractivity contribution in [1.82, 2.24) is 15.2 Å². The van der Waals surface area contributed by atoms with Crippen LogP contribution in [-0.4, -0.2) is 46.4 Å². The molecule has 2 saturated heterocycles. The fraction of sp³-hybridized carbons (Fsp3) is 0.360. The van der Waals surface area contributed by atoms with Gasteiger partial charge in [-0.25, -0.2) is 4.98 Å². The largest absolute Gasteiger partial charge is 0.374 e. The number of amides is 1. The first-order valence-electron chi connectivity index (χ1n) is 11.2. The second-order valence-electron chi connectivity index (χ2n) is 9.03. The zero-order valence-electron chi connectivity index (χ0n) is 18.0. The van der Waals surface area contributed by atoms with Gasteiger partial charge in [0.25, 0.3) is 5.91 Å². The summed E-state index contributed by atoms with van der Waals surface area (Å²) in [4.78, 5) is 19.8. The molecule has 7 heteroatoms. The smallest absolute Gasteiger partial charge is 0.276 e. The SMILES string of the molecule is Cc1ccc(NC(=O)c2cc(C3CC3)cnn2)cc1-c1ccnc(N2C[C@H]3C[C@@H]2CO3)c1. The summed E-state index contributed by atoms with van der Waals surface area (Å²) >= 11 is 0. The Balaban J connectivity index is 1.25. The molecule has 1 aliphatic carbocycles. The molecule has 3 fully saturated rings. The molecule has 1 aromatic carbocycles. The number of nitrogens with zero attached hydrogens (tertiary/aromatic N) is 4. The molecule has 0 unspecified atom stereocenters. The van der Waals surface area contributed by atoms with Crippen molar-refractivity contribution >= 4 is 17.4 Å². The Kier molecular flexibility index (Phi) is 4.64. The summed E-state index contributed by atoms with van der Waals surface area (Å²) in [5.41, 5.74) is 5.49. The summed E-state index contributed by atoms with van der Waals surface area (Å²) in [7, 11) is 0. The molecule has 1 amide bonds. The van der Waals surface area contributed by atoms with Crippen molar-refractivity contribution in [1.29, 1.82) is 0 Å². The Labute approximate surface area is 186 Å². The fourth-order valence-corrected chi connectivity index (χ4v) is 4.76. The molecular formula is C25H25N5O2. The molecule has 0 radical (unpaired) electrons. The van der Waals surface area contributed by atoms with Gasteiger partial charge in [-0.2, -0.15) is 5.10 Å². The number of carbonyl (C=O) groups excluding carboxylic acids is 1. The molecule has 1 N–H and O–H groups in total. The summed E-state index contributed by atoms with van der Waals surface area (Å²) in [6, 6.07) is 12.4. The molecule has 4 heterocycles. The summed E-state index contributed by atoms with van der Waals surface area (Å²) < 4.78 is 5.73. The maximum absolute atomic E-state index is 12.8. The average molecular weight is 428 g/mol. The van der Waals surface area contributed by atoms with E-state index in [1.54, 1.807) is 6.20 Å². The van der Waals surface area contributed by atoms with Gasteiger partial charge >= 0.3 is 0 Å². The maximum Gasteiger partial charge on any atom is 0.276 e. The van der Waals surface area contributed by atoms with Gasteiger partial charge in [0, 0.05) is 18.4 Å². The van der Waals surface area contributed by atoms with Crippen molar-refractivity contribution in [3.8, 4) is 11.1 Å². The predicted octanol–water partition coefficient (Wildman–Crippen LogP) is 3.95. The van der Waals surface area contributed by atoms with Crippen LogP contribution in [0.15, 0.2) is 48.8 Å². The number of hydrogen-bond donors (Lipinski definition) is 1. The first-order chi connectivity index (χ1) is 15.6. The van der Waals surface area contributed by atoms with E-state index in [9.17, 15) is 4.79 Å². The first-order valence-corrected chi connectivity index (χ1v) is 11.2. The van der Waals surface area contributed by atoms with Crippen molar-refractivity contribution < 1.29 is 9.53 Å². The highest BCUT2D eigenvalue weighted by molar-refractivity contribution is 6.03. The van der Waals surface area contributed by atoms with Crippen molar-refractivity contribution in [2.24, 2.45) is 0 Å². The van der Waals surface area contributed by atoms with Crippen LogP contribution >= 0.6 is 0 Å². The van der Waals surface area contributed by atoms with Gasteiger partial charge in [0.2, 0.25) is 0 Å². The van der Waals surface area contributed by atoms with Gasteiger partial charge in [-0.3, -0.25) is 4.79 Å². The minimum atomic E-state index is -0.238. The number of anilines is 2. The van der Waals surface area contributed by atoms with Gasteiger partial charge in [-0.15, -0.1) is 5.10 Å². The second-order valence-corrected chi connectivity index (χ2v) is 9.03. The Morgan fingerprint density at radius 3 is 2.88 bits per heavy atom. The highest BCUT2D eigenvalue weighted by Gasteiger charge is 2.39. The van der Waals surface area contributed by atoms with Gasteiger partial charge < -0.3 is 15.0 Å². The van der Waals surface area contributed by atoms with Crippen LogP contribution in [0.4, 0.5) is 11.5 Å². The summed E-state index contributed by atoms with van der Waals surface area (Å²) in [5, 5.41) is 11.0. The highest BCUT2D eigenvalue weighted by Crippen LogP contribution is 2.39. The highest BCUT2D eigenvalue weighted by atomic mass is 16.5. The van der Waals surface area contributed by atoms with Crippen LogP contribution in [-0.2, 0) is 4.74 Å². The van der Waals surface area contributed by atoms with Crippen molar-refractivity contribution in [3.63, 3.8) is 0 Å². The third-order valence-electron chi connectivity index (χ3n) is 6.70. The molecule has 0 spiro atoms. The van der Waals surface area contributed by atoms with Crippen LogP contribution in [0.25, 0.3) is 11.1 Å². The molecule has 162 valence electrons. The van der Waals surface area contributed by atoms with E-state index in [2.05, 4.69) is 38.4 Å². The number of nitrogens with one attached hydrogen (secondary N) is 1. The van der Waals surface area contributed by atoms with Gasteiger partial charge in [0.15, 0.2) is 5.69 Å². The first kappa shape index (κ1) is 19.4.